The third kappa shape index (κ3) is 2.64. The number of hydrogen-bond donors (Lipinski definition) is 1. The van der Waals surface area contributed by atoms with Gasteiger partial charge in [-0.2, -0.15) is 13.2 Å². The lowest BCUT2D eigenvalue weighted by Gasteiger charge is -2.48. The first-order chi connectivity index (χ1) is 10.1. The molecule has 2 aliphatic heterocycles. The Labute approximate surface area is 128 Å². The lowest BCUT2D eigenvalue weighted by Crippen LogP contribution is -2.48. The molecule has 0 aromatic carbocycles. The molecule has 1 N–H and O–H groups in total. The van der Waals surface area contributed by atoms with Crippen molar-refractivity contribution in [3.05, 3.63) is 11.3 Å². The molecule has 126 valence electrons. The molecule has 3 unspecified atom stereocenters. The second kappa shape index (κ2) is 5.13. The molecule has 0 bridgehead atoms. The van der Waals surface area contributed by atoms with Gasteiger partial charge in [-0.1, -0.05) is 6.92 Å². The van der Waals surface area contributed by atoms with Gasteiger partial charge in [0.05, 0.1) is 0 Å². The fourth-order valence-electron chi connectivity index (χ4n) is 4.49. The number of ether oxygens (including phenoxy) is 2. The van der Waals surface area contributed by atoms with Crippen LogP contribution in [0.15, 0.2) is 11.3 Å². The predicted octanol–water partition coefficient (Wildman–Crippen LogP) is 3.98. The molecule has 3 nitrogen and oxygen atoms in total. The molecule has 3 aliphatic rings. The molecule has 2 fully saturated rings. The number of rotatable bonds is 0. The summed E-state index contributed by atoms with van der Waals surface area (Å²) in [6.45, 7) is 5.17. The second-order valence-corrected chi connectivity index (χ2v) is 7.23. The van der Waals surface area contributed by atoms with Crippen LogP contribution in [0, 0.1) is 23.7 Å². The summed E-state index contributed by atoms with van der Waals surface area (Å²) in [5, 5.41) is 10.3. The maximum atomic E-state index is 13.2. The van der Waals surface area contributed by atoms with Gasteiger partial charge in [0.15, 0.2) is 5.79 Å². The summed E-state index contributed by atoms with van der Waals surface area (Å²) in [7, 11) is 0. The zero-order chi connectivity index (χ0) is 16.3. The Morgan fingerprint density at radius 3 is 2.55 bits per heavy atom. The van der Waals surface area contributed by atoms with Crippen LogP contribution in [0.2, 0.25) is 0 Å². The number of aliphatic hydroxyl groups is 1. The van der Waals surface area contributed by atoms with Crippen LogP contribution in [-0.4, -0.2) is 23.4 Å². The van der Waals surface area contributed by atoms with Gasteiger partial charge < -0.3 is 14.6 Å². The highest BCUT2D eigenvalue weighted by atomic mass is 19.4. The minimum Gasteiger partial charge on any atom is -0.459 e. The van der Waals surface area contributed by atoms with Crippen LogP contribution in [-0.2, 0) is 9.47 Å². The molecule has 1 saturated heterocycles. The van der Waals surface area contributed by atoms with Gasteiger partial charge in [-0.3, -0.25) is 0 Å². The van der Waals surface area contributed by atoms with Gasteiger partial charge in [-0.05, 0) is 56.4 Å². The van der Waals surface area contributed by atoms with Crippen LogP contribution in [0.1, 0.15) is 46.5 Å². The number of allylic oxidation sites excluding steroid dienone is 2. The molecule has 0 radical (unpaired) electrons. The maximum absolute atomic E-state index is 13.2. The summed E-state index contributed by atoms with van der Waals surface area (Å²) in [6.07, 6.45) is -2.73. The molecular weight excluding hydrogens is 297 g/mol. The predicted molar refractivity (Wildman–Crippen MR) is 73.4 cm³/mol. The van der Waals surface area contributed by atoms with Crippen molar-refractivity contribution in [2.24, 2.45) is 23.7 Å². The van der Waals surface area contributed by atoms with Crippen molar-refractivity contribution in [1.29, 1.82) is 0 Å². The highest BCUT2D eigenvalue weighted by Crippen LogP contribution is 2.54. The van der Waals surface area contributed by atoms with Gasteiger partial charge in [-0.15, -0.1) is 0 Å². The lowest BCUT2D eigenvalue weighted by molar-refractivity contribution is -0.307. The first kappa shape index (κ1) is 16.1. The molecule has 0 spiro atoms. The molecule has 22 heavy (non-hydrogen) atoms. The Bertz CT molecular complexity index is 484. The molecular formula is C16H23F3O3. The topological polar surface area (TPSA) is 38.7 Å². The molecule has 6 heteroatoms. The van der Waals surface area contributed by atoms with Crippen LogP contribution >= 0.6 is 0 Å². The Balaban J connectivity index is 2.03. The van der Waals surface area contributed by atoms with Gasteiger partial charge >= 0.3 is 6.18 Å². The van der Waals surface area contributed by atoms with E-state index in [9.17, 15) is 18.3 Å². The highest BCUT2D eigenvalue weighted by molar-refractivity contribution is 5.20. The van der Waals surface area contributed by atoms with E-state index in [4.69, 9.17) is 9.47 Å². The Hall–Kier alpha value is -0.750. The minimum atomic E-state index is -4.52. The summed E-state index contributed by atoms with van der Waals surface area (Å²) in [6, 6.07) is 0. The highest BCUT2D eigenvalue weighted by Gasteiger charge is 2.55. The summed E-state index contributed by atoms with van der Waals surface area (Å²) >= 11 is 0. The zero-order valence-corrected chi connectivity index (χ0v) is 13.1. The smallest absolute Gasteiger partial charge is 0.448 e. The van der Waals surface area contributed by atoms with E-state index in [1.54, 1.807) is 0 Å². The van der Waals surface area contributed by atoms with E-state index in [1.807, 2.05) is 0 Å². The molecule has 0 aromatic heterocycles. The molecule has 0 amide bonds. The zero-order valence-electron chi connectivity index (χ0n) is 13.1. The van der Waals surface area contributed by atoms with Crippen molar-refractivity contribution < 1.29 is 27.8 Å². The van der Waals surface area contributed by atoms with Crippen molar-refractivity contribution in [3.8, 4) is 0 Å². The van der Waals surface area contributed by atoms with E-state index in [0.29, 0.717) is 12.3 Å². The van der Waals surface area contributed by atoms with Crippen molar-refractivity contribution in [3.63, 3.8) is 0 Å². The van der Waals surface area contributed by atoms with Crippen LogP contribution in [0.25, 0.3) is 0 Å². The van der Waals surface area contributed by atoms with E-state index in [1.165, 1.54) is 13.8 Å². The second-order valence-electron chi connectivity index (χ2n) is 7.23. The fourth-order valence-corrected chi connectivity index (χ4v) is 4.49. The maximum Gasteiger partial charge on any atom is 0.448 e. The fraction of sp³-hybridized carbons (Fsp3) is 0.875. The molecule has 6 atom stereocenters. The molecule has 3 rings (SSSR count). The molecule has 0 aromatic rings. The van der Waals surface area contributed by atoms with Crippen molar-refractivity contribution in [2.45, 2.75) is 64.7 Å². The van der Waals surface area contributed by atoms with Gasteiger partial charge in [0.2, 0.25) is 12.0 Å². The van der Waals surface area contributed by atoms with Crippen molar-refractivity contribution >= 4 is 0 Å². The van der Waals surface area contributed by atoms with E-state index in [2.05, 4.69) is 6.92 Å². The van der Waals surface area contributed by atoms with Crippen LogP contribution in [0.4, 0.5) is 13.2 Å². The Morgan fingerprint density at radius 1 is 1.23 bits per heavy atom. The Morgan fingerprint density at radius 2 is 1.91 bits per heavy atom. The largest absolute Gasteiger partial charge is 0.459 e. The monoisotopic (exact) mass is 320 g/mol. The molecule has 1 aliphatic carbocycles. The summed E-state index contributed by atoms with van der Waals surface area (Å²) in [5.41, 5.74) is 0.288. The summed E-state index contributed by atoms with van der Waals surface area (Å²) < 4.78 is 50.5. The van der Waals surface area contributed by atoms with Gasteiger partial charge in [0, 0.05) is 12.3 Å². The van der Waals surface area contributed by atoms with Crippen LogP contribution in [0.3, 0.4) is 0 Å². The first-order valence-electron chi connectivity index (χ1n) is 7.95. The Kier molecular flexibility index (Phi) is 3.76. The van der Waals surface area contributed by atoms with Gasteiger partial charge in [0.25, 0.3) is 0 Å². The summed E-state index contributed by atoms with van der Waals surface area (Å²) in [5.74, 6) is -2.01. The van der Waals surface area contributed by atoms with Crippen molar-refractivity contribution in [1.82, 2.24) is 0 Å². The third-order valence-electron chi connectivity index (χ3n) is 5.65. The van der Waals surface area contributed by atoms with E-state index in [0.717, 1.165) is 19.3 Å². The number of alkyl halides is 3. The standard InChI is InChI=1S/C16H23F3O3/c1-8-4-5-11-9(2)13(16(17,18)19)21-14-12(11)10(8)6-7-15(3,20)22-14/h8,10-12,14,20H,4-7H2,1-3H3/t8-,10?,11+,12?,14-,15?/m1/s1. The average molecular weight is 320 g/mol. The SMILES string of the molecule is CC1=C(C(F)(F)F)O[C@@H]2OC(C)(O)CCC3C2[C@H]1CC[C@H]3C. The van der Waals surface area contributed by atoms with E-state index in [-0.39, 0.29) is 23.3 Å². The molecule has 1 saturated carbocycles. The normalized spacial score (nSPS) is 45.9. The average Bonchev–Trinajstić information content (AvgIpc) is 2.51. The quantitative estimate of drug-likeness (QED) is 0.734. The number of halogens is 3. The van der Waals surface area contributed by atoms with Crippen molar-refractivity contribution in [2.75, 3.05) is 0 Å². The van der Waals surface area contributed by atoms with Crippen LogP contribution < -0.4 is 0 Å². The minimum absolute atomic E-state index is 0.108. The number of hydrogen-bond acceptors (Lipinski definition) is 3. The first-order valence-corrected chi connectivity index (χ1v) is 7.95. The van der Waals surface area contributed by atoms with E-state index >= 15 is 0 Å². The van der Waals surface area contributed by atoms with Crippen LogP contribution in [0.5, 0.6) is 0 Å². The lowest BCUT2D eigenvalue weighted by atomic mass is 9.62. The summed E-state index contributed by atoms with van der Waals surface area (Å²) in [4.78, 5) is 0. The van der Waals surface area contributed by atoms with Gasteiger partial charge in [0.1, 0.15) is 0 Å². The van der Waals surface area contributed by atoms with Gasteiger partial charge in [-0.25, -0.2) is 0 Å². The molecule has 2 heterocycles. The van der Waals surface area contributed by atoms with E-state index < -0.39 is 24.0 Å². The third-order valence-corrected chi connectivity index (χ3v) is 5.65.